The molecule has 1 aromatic heterocycles. The number of ether oxygens (including phenoxy) is 1. The summed E-state index contributed by atoms with van der Waals surface area (Å²) in [7, 11) is 0. The van der Waals surface area contributed by atoms with Crippen molar-refractivity contribution in [3.8, 4) is 17.0 Å². The van der Waals surface area contributed by atoms with E-state index in [1.807, 2.05) is 45.0 Å². The van der Waals surface area contributed by atoms with E-state index in [1.54, 1.807) is 0 Å². The Kier molecular flexibility index (Phi) is 4.84. The van der Waals surface area contributed by atoms with Crippen LogP contribution in [0.1, 0.15) is 45.0 Å². The lowest BCUT2D eigenvalue weighted by atomic mass is 10.1. The number of benzene rings is 1. The number of hydrogen-bond donors (Lipinski definition) is 0. The van der Waals surface area contributed by atoms with Crippen LogP contribution in [0, 0.1) is 6.92 Å². The van der Waals surface area contributed by atoms with Crippen molar-refractivity contribution in [2.45, 2.75) is 46.6 Å². The van der Waals surface area contributed by atoms with Gasteiger partial charge in [0, 0.05) is 17.0 Å². The Hall–Kier alpha value is -1.61. The van der Waals surface area contributed by atoms with Gasteiger partial charge >= 0.3 is 0 Å². The largest absolute Gasteiger partial charge is 0.491 e. The lowest BCUT2D eigenvalue weighted by Gasteiger charge is -2.13. The van der Waals surface area contributed by atoms with Gasteiger partial charge in [-0.3, -0.25) is 0 Å². The molecule has 1 aromatic carbocycles. The Bertz CT molecular complexity index is 621. The first-order chi connectivity index (χ1) is 9.88. The molecule has 2 aromatic rings. The van der Waals surface area contributed by atoms with Gasteiger partial charge in [-0.05, 0) is 45.0 Å². The zero-order chi connectivity index (χ0) is 15.6. The van der Waals surface area contributed by atoms with Gasteiger partial charge < -0.3 is 4.74 Å². The molecular formula is C17H21ClN2O. The van der Waals surface area contributed by atoms with Crippen LogP contribution in [0.25, 0.3) is 11.3 Å². The van der Waals surface area contributed by atoms with Crippen molar-refractivity contribution in [1.29, 1.82) is 0 Å². The van der Waals surface area contributed by atoms with Gasteiger partial charge in [-0.2, -0.15) is 0 Å². The van der Waals surface area contributed by atoms with E-state index in [1.165, 1.54) is 0 Å². The van der Waals surface area contributed by atoms with E-state index in [4.69, 9.17) is 16.3 Å². The van der Waals surface area contributed by atoms with Crippen molar-refractivity contribution in [3.05, 3.63) is 40.8 Å². The zero-order valence-corrected chi connectivity index (χ0v) is 13.9. The number of aromatic nitrogens is 2. The summed E-state index contributed by atoms with van der Waals surface area (Å²) in [5, 5.41) is 0.520. The van der Waals surface area contributed by atoms with Crippen molar-refractivity contribution in [2.24, 2.45) is 0 Å². The first kappa shape index (κ1) is 15.8. The molecule has 0 atom stereocenters. The highest BCUT2D eigenvalue weighted by atomic mass is 35.5. The number of hydrogen-bond acceptors (Lipinski definition) is 3. The fourth-order valence-corrected chi connectivity index (χ4v) is 2.18. The summed E-state index contributed by atoms with van der Waals surface area (Å²) in [6.45, 7) is 10.1. The van der Waals surface area contributed by atoms with Gasteiger partial charge in [0.05, 0.1) is 11.8 Å². The number of halogens is 1. The third-order valence-electron chi connectivity index (χ3n) is 3.12. The maximum Gasteiger partial charge on any atom is 0.136 e. The van der Waals surface area contributed by atoms with Gasteiger partial charge in [-0.1, -0.05) is 25.4 Å². The molecule has 0 fully saturated rings. The monoisotopic (exact) mass is 304 g/mol. The molecule has 1 heterocycles. The van der Waals surface area contributed by atoms with Crippen LogP contribution >= 0.6 is 11.6 Å². The molecule has 3 nitrogen and oxygen atoms in total. The molecular weight excluding hydrogens is 284 g/mol. The molecule has 0 radical (unpaired) electrons. The van der Waals surface area contributed by atoms with Crippen LogP contribution in [-0.4, -0.2) is 16.1 Å². The Morgan fingerprint density at radius 2 is 1.62 bits per heavy atom. The van der Waals surface area contributed by atoms with Crippen LogP contribution in [0.15, 0.2) is 24.3 Å². The Morgan fingerprint density at radius 1 is 1.00 bits per heavy atom. The van der Waals surface area contributed by atoms with Crippen LogP contribution in [0.5, 0.6) is 5.75 Å². The van der Waals surface area contributed by atoms with E-state index in [2.05, 4.69) is 23.8 Å². The molecule has 0 unspecified atom stereocenters. The highest BCUT2D eigenvalue weighted by molar-refractivity contribution is 6.30. The fourth-order valence-electron chi connectivity index (χ4n) is 2.01. The third-order valence-corrected chi connectivity index (χ3v) is 3.49. The SMILES string of the molecule is Cc1c(Cl)nc(C(C)C)nc1-c1ccc(OC(C)C)cc1. The summed E-state index contributed by atoms with van der Waals surface area (Å²) < 4.78 is 5.66. The van der Waals surface area contributed by atoms with E-state index in [0.717, 1.165) is 28.4 Å². The average Bonchev–Trinajstić information content (AvgIpc) is 2.42. The highest BCUT2D eigenvalue weighted by Gasteiger charge is 2.13. The third kappa shape index (κ3) is 3.73. The van der Waals surface area contributed by atoms with Crippen LogP contribution in [0.2, 0.25) is 5.15 Å². The maximum absolute atomic E-state index is 6.24. The predicted molar refractivity (Wildman–Crippen MR) is 87.1 cm³/mol. The summed E-state index contributed by atoms with van der Waals surface area (Å²) in [4.78, 5) is 9.00. The molecule has 4 heteroatoms. The Morgan fingerprint density at radius 3 is 2.14 bits per heavy atom. The second-order valence-corrected chi connectivity index (χ2v) is 6.05. The summed E-state index contributed by atoms with van der Waals surface area (Å²) in [6.07, 6.45) is 0.165. The molecule has 0 saturated heterocycles. The minimum atomic E-state index is 0.165. The van der Waals surface area contributed by atoms with E-state index in [-0.39, 0.29) is 12.0 Å². The Labute approximate surface area is 131 Å². The molecule has 0 aliphatic heterocycles. The summed E-state index contributed by atoms with van der Waals surface area (Å²) >= 11 is 6.24. The van der Waals surface area contributed by atoms with E-state index >= 15 is 0 Å². The van der Waals surface area contributed by atoms with Crippen LogP contribution in [0.3, 0.4) is 0 Å². The minimum Gasteiger partial charge on any atom is -0.491 e. The van der Waals surface area contributed by atoms with Crippen molar-refractivity contribution in [2.75, 3.05) is 0 Å². The first-order valence-corrected chi connectivity index (χ1v) is 7.57. The lowest BCUT2D eigenvalue weighted by Crippen LogP contribution is -2.05. The topological polar surface area (TPSA) is 35.0 Å². The van der Waals surface area contributed by atoms with Gasteiger partial charge in [0.1, 0.15) is 16.7 Å². The van der Waals surface area contributed by atoms with Crippen LogP contribution in [0.4, 0.5) is 0 Å². The van der Waals surface area contributed by atoms with Crippen LogP contribution < -0.4 is 4.74 Å². The zero-order valence-electron chi connectivity index (χ0n) is 13.1. The fraction of sp³-hybridized carbons (Fsp3) is 0.412. The molecule has 0 aliphatic carbocycles. The minimum absolute atomic E-state index is 0.165. The van der Waals surface area contributed by atoms with E-state index in [0.29, 0.717) is 5.15 Å². The normalized spacial score (nSPS) is 11.2. The second-order valence-electron chi connectivity index (χ2n) is 5.69. The molecule has 21 heavy (non-hydrogen) atoms. The maximum atomic E-state index is 6.24. The molecule has 0 aliphatic rings. The Balaban J connectivity index is 2.41. The van der Waals surface area contributed by atoms with Crippen molar-refractivity contribution in [1.82, 2.24) is 9.97 Å². The predicted octanol–water partition coefficient (Wildman–Crippen LogP) is 5.02. The van der Waals surface area contributed by atoms with E-state index in [9.17, 15) is 0 Å². The molecule has 2 rings (SSSR count). The van der Waals surface area contributed by atoms with Gasteiger partial charge in [-0.25, -0.2) is 9.97 Å². The molecule has 0 amide bonds. The molecule has 0 spiro atoms. The van der Waals surface area contributed by atoms with Gasteiger partial charge in [-0.15, -0.1) is 0 Å². The summed E-state index contributed by atoms with van der Waals surface area (Å²) in [5.41, 5.74) is 2.81. The molecule has 0 N–H and O–H groups in total. The molecule has 0 bridgehead atoms. The van der Waals surface area contributed by atoms with Crippen LogP contribution in [-0.2, 0) is 0 Å². The number of rotatable bonds is 4. The molecule has 0 saturated carbocycles. The first-order valence-electron chi connectivity index (χ1n) is 7.19. The average molecular weight is 305 g/mol. The highest BCUT2D eigenvalue weighted by Crippen LogP contribution is 2.28. The van der Waals surface area contributed by atoms with Gasteiger partial charge in [0.15, 0.2) is 0 Å². The summed E-state index contributed by atoms with van der Waals surface area (Å²) in [5.74, 6) is 1.86. The second kappa shape index (κ2) is 6.44. The van der Waals surface area contributed by atoms with Gasteiger partial charge in [0.2, 0.25) is 0 Å². The summed E-state index contributed by atoms with van der Waals surface area (Å²) in [6, 6.07) is 7.93. The lowest BCUT2D eigenvalue weighted by molar-refractivity contribution is 0.242. The smallest absolute Gasteiger partial charge is 0.136 e. The standard InChI is InChI=1S/C17H21ClN2O/c1-10(2)17-19-15(12(5)16(18)20-17)13-6-8-14(9-7-13)21-11(3)4/h6-11H,1-5H3. The van der Waals surface area contributed by atoms with Gasteiger partial charge in [0.25, 0.3) is 0 Å². The molecule has 112 valence electrons. The van der Waals surface area contributed by atoms with Crippen molar-refractivity contribution in [3.63, 3.8) is 0 Å². The number of nitrogens with zero attached hydrogens (tertiary/aromatic N) is 2. The van der Waals surface area contributed by atoms with Crippen molar-refractivity contribution < 1.29 is 4.74 Å². The van der Waals surface area contributed by atoms with Crippen molar-refractivity contribution >= 4 is 11.6 Å². The van der Waals surface area contributed by atoms with E-state index < -0.39 is 0 Å². The quantitative estimate of drug-likeness (QED) is 0.744.